The molecule has 11 aromatic rings. The van der Waals surface area contributed by atoms with Crippen LogP contribution in [0.2, 0.25) is 0 Å². The second-order valence-corrected chi connectivity index (χ2v) is 14.0. The summed E-state index contributed by atoms with van der Waals surface area (Å²) in [5.74, 6) is 1.82. The summed E-state index contributed by atoms with van der Waals surface area (Å²) in [5.41, 5.74) is 8.99. The zero-order chi connectivity index (χ0) is 36.3. The van der Waals surface area contributed by atoms with Crippen molar-refractivity contribution >= 4 is 54.3 Å². The minimum Gasteiger partial charge on any atom is -0.456 e. The highest BCUT2D eigenvalue weighted by Gasteiger charge is 2.19. The van der Waals surface area contributed by atoms with Gasteiger partial charge in [-0.25, -0.2) is 15.0 Å². The van der Waals surface area contributed by atoms with E-state index in [1.807, 2.05) is 18.2 Å². The van der Waals surface area contributed by atoms with Crippen molar-refractivity contribution in [2.45, 2.75) is 0 Å². The largest absolute Gasteiger partial charge is 0.456 e. The molecule has 0 radical (unpaired) electrons. The maximum Gasteiger partial charge on any atom is 0.164 e. The maximum atomic E-state index is 6.52. The molecule has 0 saturated carbocycles. The number of furan rings is 1. The SMILES string of the molecule is c1ccc(-c2ccc3c(c2)oc2cccc(-c4nc(-c5ccc6ccccc6c5)nc(-c5ccc6ccc7cccc(-c8ccccc8)c7c6c5)n4)c23)cc1. The van der Waals surface area contributed by atoms with Crippen LogP contribution in [0.3, 0.4) is 0 Å². The lowest BCUT2D eigenvalue weighted by Crippen LogP contribution is -2.00. The van der Waals surface area contributed by atoms with Crippen molar-refractivity contribution in [3.8, 4) is 56.4 Å². The molecule has 0 amide bonds. The van der Waals surface area contributed by atoms with Gasteiger partial charge in [0.05, 0.1) is 0 Å². The molecule has 0 aliphatic heterocycles. The number of fused-ring (bicyclic) bond motifs is 7. The van der Waals surface area contributed by atoms with E-state index in [1.165, 1.54) is 27.3 Å². The monoisotopic (exact) mass is 701 g/mol. The first-order valence-electron chi connectivity index (χ1n) is 18.5. The molecule has 0 unspecified atom stereocenters. The van der Waals surface area contributed by atoms with E-state index < -0.39 is 0 Å². The van der Waals surface area contributed by atoms with Crippen LogP contribution in [0.4, 0.5) is 0 Å². The van der Waals surface area contributed by atoms with E-state index in [0.29, 0.717) is 17.5 Å². The van der Waals surface area contributed by atoms with Crippen molar-refractivity contribution in [2.24, 2.45) is 0 Å². The summed E-state index contributed by atoms with van der Waals surface area (Å²) in [4.78, 5) is 15.7. The number of nitrogens with zero attached hydrogens (tertiary/aromatic N) is 3. The molecule has 4 nitrogen and oxygen atoms in total. The standard InChI is InChI=1S/C51H31N3O/c1-3-11-32(12-4-1)38-27-28-42-46(31-38)55-45-20-10-19-43(48(42)45)51-53-49(39-25-21-33-13-7-8-16-37(33)29-39)52-50(54-51)40-26-23-35-22-24-36-17-9-18-41(47(36)44(35)30-40)34-14-5-2-6-15-34/h1-31H. The molecule has 256 valence electrons. The van der Waals surface area contributed by atoms with Crippen molar-refractivity contribution in [1.29, 1.82) is 0 Å². The zero-order valence-electron chi connectivity index (χ0n) is 29.6. The predicted molar refractivity (Wildman–Crippen MR) is 227 cm³/mol. The summed E-state index contributed by atoms with van der Waals surface area (Å²) in [6.07, 6.45) is 0. The van der Waals surface area contributed by atoms with E-state index in [0.717, 1.165) is 65.9 Å². The van der Waals surface area contributed by atoms with Crippen molar-refractivity contribution in [3.05, 3.63) is 188 Å². The van der Waals surface area contributed by atoms with Gasteiger partial charge in [0.15, 0.2) is 17.5 Å². The Kier molecular flexibility index (Phi) is 7.14. The summed E-state index contributed by atoms with van der Waals surface area (Å²) in [5, 5.41) is 9.01. The first-order chi connectivity index (χ1) is 27.2. The van der Waals surface area contributed by atoms with Gasteiger partial charge in [0.25, 0.3) is 0 Å². The summed E-state index contributed by atoms with van der Waals surface area (Å²) >= 11 is 0. The molecular weight excluding hydrogens is 671 g/mol. The summed E-state index contributed by atoms with van der Waals surface area (Å²) in [6, 6.07) is 65.8. The lowest BCUT2D eigenvalue weighted by molar-refractivity contribution is 0.669. The number of aromatic nitrogens is 3. The highest BCUT2D eigenvalue weighted by molar-refractivity contribution is 6.15. The Labute approximate surface area is 317 Å². The van der Waals surface area contributed by atoms with Crippen LogP contribution >= 0.6 is 0 Å². The molecule has 2 heterocycles. The summed E-state index contributed by atoms with van der Waals surface area (Å²) in [6.45, 7) is 0. The second kappa shape index (κ2) is 12.6. The molecular formula is C51H31N3O. The average molecular weight is 702 g/mol. The molecule has 0 fully saturated rings. The molecule has 0 atom stereocenters. The number of benzene rings is 9. The highest BCUT2D eigenvalue weighted by Crippen LogP contribution is 2.40. The Balaban J connectivity index is 1.14. The van der Waals surface area contributed by atoms with Gasteiger partial charge in [0.2, 0.25) is 0 Å². The molecule has 9 aromatic carbocycles. The third-order valence-corrected chi connectivity index (χ3v) is 10.7. The van der Waals surface area contributed by atoms with Gasteiger partial charge in [0, 0.05) is 27.5 Å². The lowest BCUT2D eigenvalue weighted by atomic mass is 9.93. The molecule has 0 aliphatic carbocycles. The average Bonchev–Trinajstić information content (AvgIpc) is 3.64. The topological polar surface area (TPSA) is 51.8 Å². The molecule has 11 rings (SSSR count). The second-order valence-electron chi connectivity index (χ2n) is 14.0. The van der Waals surface area contributed by atoms with E-state index >= 15 is 0 Å². The highest BCUT2D eigenvalue weighted by atomic mass is 16.3. The van der Waals surface area contributed by atoms with Crippen LogP contribution in [0.5, 0.6) is 0 Å². The van der Waals surface area contributed by atoms with E-state index in [-0.39, 0.29) is 0 Å². The summed E-state index contributed by atoms with van der Waals surface area (Å²) in [7, 11) is 0. The molecule has 55 heavy (non-hydrogen) atoms. The van der Waals surface area contributed by atoms with Crippen LogP contribution in [0.15, 0.2) is 192 Å². The fourth-order valence-electron chi connectivity index (χ4n) is 8.01. The predicted octanol–water partition coefficient (Wildman–Crippen LogP) is 13.6. The van der Waals surface area contributed by atoms with Gasteiger partial charge >= 0.3 is 0 Å². The molecule has 0 aliphatic rings. The van der Waals surface area contributed by atoms with Crippen LogP contribution < -0.4 is 0 Å². The van der Waals surface area contributed by atoms with E-state index in [9.17, 15) is 0 Å². The van der Waals surface area contributed by atoms with Crippen LogP contribution in [-0.2, 0) is 0 Å². The fraction of sp³-hybridized carbons (Fsp3) is 0. The van der Waals surface area contributed by atoms with E-state index in [2.05, 4.69) is 170 Å². The Hall–Kier alpha value is -7.43. The fourth-order valence-corrected chi connectivity index (χ4v) is 8.01. The first-order valence-corrected chi connectivity index (χ1v) is 18.5. The van der Waals surface area contributed by atoms with Crippen LogP contribution in [-0.4, -0.2) is 15.0 Å². The van der Waals surface area contributed by atoms with Gasteiger partial charge in [0.1, 0.15) is 11.2 Å². The molecule has 4 heteroatoms. The van der Waals surface area contributed by atoms with Crippen LogP contribution in [0.25, 0.3) is 111 Å². The Morgan fingerprint density at radius 3 is 1.71 bits per heavy atom. The van der Waals surface area contributed by atoms with Gasteiger partial charge in [-0.2, -0.15) is 0 Å². The smallest absolute Gasteiger partial charge is 0.164 e. The van der Waals surface area contributed by atoms with Gasteiger partial charge in [-0.3, -0.25) is 0 Å². The van der Waals surface area contributed by atoms with Crippen molar-refractivity contribution in [1.82, 2.24) is 15.0 Å². The summed E-state index contributed by atoms with van der Waals surface area (Å²) < 4.78 is 6.52. The van der Waals surface area contributed by atoms with Crippen molar-refractivity contribution < 1.29 is 4.42 Å². The van der Waals surface area contributed by atoms with Crippen molar-refractivity contribution in [3.63, 3.8) is 0 Å². The third-order valence-electron chi connectivity index (χ3n) is 10.7. The Bertz CT molecular complexity index is 3260. The maximum absolute atomic E-state index is 6.52. The Morgan fingerprint density at radius 2 is 0.891 bits per heavy atom. The normalized spacial score (nSPS) is 11.6. The van der Waals surface area contributed by atoms with Gasteiger partial charge < -0.3 is 4.42 Å². The van der Waals surface area contributed by atoms with Gasteiger partial charge in [-0.1, -0.05) is 158 Å². The lowest BCUT2D eigenvalue weighted by Gasteiger charge is -2.13. The molecule has 0 spiro atoms. The van der Waals surface area contributed by atoms with Crippen molar-refractivity contribution in [2.75, 3.05) is 0 Å². The third kappa shape index (κ3) is 5.34. The molecule has 0 N–H and O–H groups in total. The number of hydrogen-bond acceptors (Lipinski definition) is 4. The number of rotatable bonds is 5. The first kappa shape index (κ1) is 31.1. The van der Waals surface area contributed by atoms with Gasteiger partial charge in [-0.15, -0.1) is 0 Å². The van der Waals surface area contributed by atoms with Crippen LogP contribution in [0, 0.1) is 0 Å². The Morgan fingerprint density at radius 1 is 0.291 bits per heavy atom. The molecule has 0 saturated heterocycles. The van der Waals surface area contributed by atoms with E-state index in [4.69, 9.17) is 19.4 Å². The quantitative estimate of drug-likeness (QED) is 0.168. The number of hydrogen-bond donors (Lipinski definition) is 0. The molecule has 2 aromatic heterocycles. The van der Waals surface area contributed by atoms with E-state index in [1.54, 1.807) is 0 Å². The minimum absolute atomic E-state index is 0.594. The van der Waals surface area contributed by atoms with Gasteiger partial charge in [-0.05, 0) is 84.9 Å². The zero-order valence-corrected chi connectivity index (χ0v) is 29.6. The molecule has 0 bridgehead atoms. The minimum atomic E-state index is 0.594. The van der Waals surface area contributed by atoms with Crippen LogP contribution in [0.1, 0.15) is 0 Å².